The van der Waals surface area contributed by atoms with Crippen molar-refractivity contribution in [2.45, 2.75) is 25.8 Å². The minimum Gasteiger partial charge on any atom is -0.478 e. The number of rotatable bonds is 3. The molecular weight excluding hydrogens is 221 g/mol. The fourth-order valence-electron chi connectivity index (χ4n) is 2.26. The van der Waals surface area contributed by atoms with Gasteiger partial charge in [0.05, 0.1) is 5.56 Å². The van der Waals surface area contributed by atoms with Crippen LogP contribution < -0.4 is 0 Å². The van der Waals surface area contributed by atoms with E-state index in [9.17, 15) is 9.18 Å². The van der Waals surface area contributed by atoms with Gasteiger partial charge in [-0.3, -0.25) is 4.90 Å². The number of carboxylic acid groups (broad SMARTS) is 1. The van der Waals surface area contributed by atoms with Crippen molar-refractivity contribution in [3.63, 3.8) is 0 Å². The molecule has 3 nitrogen and oxygen atoms in total. The van der Waals surface area contributed by atoms with Gasteiger partial charge in [-0.25, -0.2) is 9.18 Å². The molecule has 0 unspecified atom stereocenters. The van der Waals surface area contributed by atoms with Gasteiger partial charge in [0.15, 0.2) is 0 Å². The lowest BCUT2D eigenvalue weighted by atomic mass is 10.0. The van der Waals surface area contributed by atoms with Crippen LogP contribution in [0.25, 0.3) is 0 Å². The number of likely N-dealkylation sites (tertiary alicyclic amines) is 1. The molecule has 0 saturated carbocycles. The molecular formula is C13H16FNO2. The second-order valence-corrected chi connectivity index (χ2v) is 4.44. The Morgan fingerprint density at radius 1 is 1.29 bits per heavy atom. The Morgan fingerprint density at radius 2 is 2.00 bits per heavy atom. The predicted octanol–water partition coefficient (Wildman–Crippen LogP) is 2.51. The standard InChI is InChI=1S/C13H16FNO2/c14-11-4-5-12(13(16)17)10(8-11)9-15-6-2-1-3-7-15/h4-5,8H,1-3,6-7,9H2,(H,16,17). The number of piperidine rings is 1. The molecule has 1 aromatic carbocycles. The van der Waals surface area contributed by atoms with Gasteiger partial charge in [0.25, 0.3) is 0 Å². The number of hydrogen-bond donors (Lipinski definition) is 1. The molecule has 92 valence electrons. The first kappa shape index (κ1) is 12.0. The van der Waals surface area contributed by atoms with Crippen molar-refractivity contribution in [3.05, 3.63) is 35.1 Å². The third-order valence-electron chi connectivity index (χ3n) is 3.14. The van der Waals surface area contributed by atoms with E-state index in [1.807, 2.05) is 0 Å². The van der Waals surface area contributed by atoms with E-state index in [4.69, 9.17) is 5.11 Å². The van der Waals surface area contributed by atoms with Crippen molar-refractivity contribution < 1.29 is 14.3 Å². The zero-order chi connectivity index (χ0) is 12.3. The minimum absolute atomic E-state index is 0.206. The van der Waals surface area contributed by atoms with Crippen LogP contribution in [-0.4, -0.2) is 29.1 Å². The van der Waals surface area contributed by atoms with Gasteiger partial charge < -0.3 is 5.11 Å². The van der Waals surface area contributed by atoms with Crippen molar-refractivity contribution in [3.8, 4) is 0 Å². The summed E-state index contributed by atoms with van der Waals surface area (Å²) in [5.74, 6) is -1.36. The van der Waals surface area contributed by atoms with Crippen LogP contribution in [0.3, 0.4) is 0 Å². The molecule has 4 heteroatoms. The Hall–Kier alpha value is -1.42. The molecule has 1 heterocycles. The SMILES string of the molecule is O=C(O)c1ccc(F)cc1CN1CCCCC1. The molecule has 0 amide bonds. The maximum Gasteiger partial charge on any atom is 0.336 e. The van der Waals surface area contributed by atoms with Crippen LogP contribution >= 0.6 is 0 Å². The molecule has 1 aliphatic rings. The third-order valence-corrected chi connectivity index (χ3v) is 3.14. The zero-order valence-corrected chi connectivity index (χ0v) is 9.66. The van der Waals surface area contributed by atoms with Crippen molar-refractivity contribution in [2.24, 2.45) is 0 Å². The minimum atomic E-state index is -0.989. The van der Waals surface area contributed by atoms with Gasteiger partial charge in [-0.05, 0) is 49.7 Å². The van der Waals surface area contributed by atoms with Gasteiger partial charge in [-0.1, -0.05) is 6.42 Å². The Balaban J connectivity index is 2.17. The summed E-state index contributed by atoms with van der Waals surface area (Å²) >= 11 is 0. The van der Waals surface area contributed by atoms with E-state index in [-0.39, 0.29) is 11.4 Å². The summed E-state index contributed by atoms with van der Waals surface area (Å²) in [7, 11) is 0. The molecule has 0 bridgehead atoms. The van der Waals surface area contributed by atoms with Gasteiger partial charge in [-0.15, -0.1) is 0 Å². The summed E-state index contributed by atoms with van der Waals surface area (Å²) in [4.78, 5) is 13.2. The molecule has 2 rings (SSSR count). The van der Waals surface area contributed by atoms with Crippen LogP contribution in [0.15, 0.2) is 18.2 Å². The highest BCUT2D eigenvalue weighted by molar-refractivity contribution is 5.89. The number of nitrogens with zero attached hydrogens (tertiary/aromatic N) is 1. The Labute approximate surface area is 99.9 Å². The van der Waals surface area contributed by atoms with Crippen LogP contribution in [0.2, 0.25) is 0 Å². The number of carbonyl (C=O) groups is 1. The average Bonchev–Trinajstić information content (AvgIpc) is 2.30. The molecule has 0 aromatic heterocycles. The smallest absolute Gasteiger partial charge is 0.336 e. The first-order valence-electron chi connectivity index (χ1n) is 5.91. The lowest BCUT2D eigenvalue weighted by molar-refractivity contribution is 0.0694. The summed E-state index contributed by atoms with van der Waals surface area (Å²) in [6.07, 6.45) is 3.50. The summed E-state index contributed by atoms with van der Waals surface area (Å²) < 4.78 is 13.2. The summed E-state index contributed by atoms with van der Waals surface area (Å²) in [5, 5.41) is 9.05. The number of hydrogen-bond acceptors (Lipinski definition) is 2. The third kappa shape index (κ3) is 3.03. The highest BCUT2D eigenvalue weighted by Crippen LogP contribution is 2.17. The Morgan fingerprint density at radius 3 is 2.65 bits per heavy atom. The molecule has 0 aliphatic carbocycles. The van der Waals surface area contributed by atoms with Crippen LogP contribution in [0.4, 0.5) is 4.39 Å². The summed E-state index contributed by atoms with van der Waals surface area (Å²) in [6, 6.07) is 3.87. The number of benzene rings is 1. The Kier molecular flexibility index (Phi) is 3.74. The predicted molar refractivity (Wildman–Crippen MR) is 62.5 cm³/mol. The first-order valence-corrected chi connectivity index (χ1v) is 5.91. The van der Waals surface area contributed by atoms with Gasteiger partial charge in [0.2, 0.25) is 0 Å². The first-order chi connectivity index (χ1) is 8.16. The molecule has 1 N–H and O–H groups in total. The van der Waals surface area contributed by atoms with E-state index in [0.29, 0.717) is 12.1 Å². The van der Waals surface area contributed by atoms with Crippen LogP contribution in [-0.2, 0) is 6.54 Å². The van der Waals surface area contributed by atoms with Crippen molar-refractivity contribution in [1.82, 2.24) is 4.90 Å². The second kappa shape index (κ2) is 5.27. The normalized spacial score (nSPS) is 17.0. The molecule has 0 radical (unpaired) electrons. The van der Waals surface area contributed by atoms with Crippen molar-refractivity contribution >= 4 is 5.97 Å². The van der Waals surface area contributed by atoms with Crippen molar-refractivity contribution in [2.75, 3.05) is 13.1 Å². The van der Waals surface area contributed by atoms with E-state index in [0.717, 1.165) is 25.9 Å². The fourth-order valence-corrected chi connectivity index (χ4v) is 2.26. The monoisotopic (exact) mass is 237 g/mol. The number of aromatic carboxylic acids is 1. The molecule has 1 fully saturated rings. The van der Waals surface area contributed by atoms with E-state index >= 15 is 0 Å². The second-order valence-electron chi connectivity index (χ2n) is 4.44. The lowest BCUT2D eigenvalue weighted by Crippen LogP contribution is -2.29. The van der Waals surface area contributed by atoms with E-state index in [1.54, 1.807) is 0 Å². The number of halogens is 1. The molecule has 1 aromatic rings. The van der Waals surface area contributed by atoms with Gasteiger partial charge >= 0.3 is 5.97 Å². The maximum absolute atomic E-state index is 13.2. The van der Waals surface area contributed by atoms with E-state index < -0.39 is 5.97 Å². The molecule has 0 atom stereocenters. The highest BCUT2D eigenvalue weighted by Gasteiger charge is 2.16. The lowest BCUT2D eigenvalue weighted by Gasteiger charge is -2.26. The fraction of sp³-hybridized carbons (Fsp3) is 0.462. The molecule has 0 spiro atoms. The van der Waals surface area contributed by atoms with E-state index in [2.05, 4.69) is 4.90 Å². The highest BCUT2D eigenvalue weighted by atomic mass is 19.1. The van der Waals surface area contributed by atoms with Crippen LogP contribution in [0, 0.1) is 5.82 Å². The summed E-state index contributed by atoms with van der Waals surface area (Å²) in [6.45, 7) is 2.46. The molecule has 17 heavy (non-hydrogen) atoms. The van der Waals surface area contributed by atoms with Crippen LogP contribution in [0.5, 0.6) is 0 Å². The Bertz CT molecular complexity index is 414. The topological polar surface area (TPSA) is 40.5 Å². The average molecular weight is 237 g/mol. The number of carboxylic acids is 1. The van der Waals surface area contributed by atoms with Crippen molar-refractivity contribution in [1.29, 1.82) is 0 Å². The largest absolute Gasteiger partial charge is 0.478 e. The van der Waals surface area contributed by atoms with Gasteiger partial charge in [0.1, 0.15) is 5.82 Å². The van der Waals surface area contributed by atoms with Crippen LogP contribution in [0.1, 0.15) is 35.2 Å². The van der Waals surface area contributed by atoms with E-state index in [1.165, 1.54) is 24.6 Å². The molecule has 1 aliphatic heterocycles. The maximum atomic E-state index is 13.2. The summed E-state index contributed by atoms with van der Waals surface area (Å²) in [5.41, 5.74) is 0.774. The quantitative estimate of drug-likeness (QED) is 0.878. The zero-order valence-electron chi connectivity index (χ0n) is 9.66. The van der Waals surface area contributed by atoms with Gasteiger partial charge in [0, 0.05) is 6.54 Å². The molecule has 1 saturated heterocycles. The van der Waals surface area contributed by atoms with Gasteiger partial charge in [-0.2, -0.15) is 0 Å².